The maximum atomic E-state index is 5.60. The molecule has 1 heteroatoms. The SMILES string of the molecule is COC1C2CC3CC4CC21C4C3. The van der Waals surface area contributed by atoms with Gasteiger partial charge in [-0.05, 0) is 49.4 Å². The van der Waals surface area contributed by atoms with Gasteiger partial charge in [0.2, 0.25) is 0 Å². The fraction of sp³-hybridized carbons (Fsp3) is 1.00. The maximum Gasteiger partial charge on any atom is 0.0668 e. The summed E-state index contributed by atoms with van der Waals surface area (Å²) in [5.74, 6) is 4.32. The monoisotopic (exact) mass is 164 g/mol. The number of rotatable bonds is 1. The molecule has 4 saturated carbocycles. The van der Waals surface area contributed by atoms with E-state index in [-0.39, 0.29) is 0 Å². The van der Waals surface area contributed by atoms with Gasteiger partial charge in [0.05, 0.1) is 6.10 Å². The third-order valence-electron chi connectivity index (χ3n) is 5.42. The number of methoxy groups -OCH3 is 1. The van der Waals surface area contributed by atoms with E-state index in [9.17, 15) is 0 Å². The van der Waals surface area contributed by atoms with Crippen molar-refractivity contribution in [3.8, 4) is 0 Å². The minimum absolute atomic E-state index is 0.684. The molecule has 66 valence electrons. The largest absolute Gasteiger partial charge is 0.381 e. The van der Waals surface area contributed by atoms with E-state index in [0.29, 0.717) is 6.10 Å². The van der Waals surface area contributed by atoms with Gasteiger partial charge in [-0.1, -0.05) is 0 Å². The van der Waals surface area contributed by atoms with Crippen molar-refractivity contribution in [2.24, 2.45) is 29.1 Å². The Morgan fingerprint density at radius 1 is 1.17 bits per heavy atom. The maximum absolute atomic E-state index is 5.60. The molecule has 0 N–H and O–H groups in total. The molecular formula is C11H16O. The van der Waals surface area contributed by atoms with Crippen molar-refractivity contribution in [2.75, 3.05) is 7.11 Å². The third kappa shape index (κ3) is 0.433. The molecule has 0 aromatic carbocycles. The van der Waals surface area contributed by atoms with E-state index < -0.39 is 0 Å². The predicted octanol–water partition coefficient (Wildman–Crippen LogP) is 2.07. The summed E-state index contributed by atoms with van der Waals surface area (Å²) >= 11 is 0. The molecule has 4 aliphatic carbocycles. The molecule has 0 saturated heterocycles. The van der Waals surface area contributed by atoms with Crippen LogP contribution >= 0.6 is 0 Å². The summed E-state index contributed by atoms with van der Waals surface area (Å²) in [4.78, 5) is 0. The van der Waals surface area contributed by atoms with Crippen molar-refractivity contribution in [2.45, 2.75) is 31.8 Å². The summed E-state index contributed by atoms with van der Waals surface area (Å²) in [5, 5.41) is 0. The van der Waals surface area contributed by atoms with Gasteiger partial charge in [-0.15, -0.1) is 0 Å². The lowest BCUT2D eigenvalue weighted by atomic mass is 9.61. The van der Waals surface area contributed by atoms with Gasteiger partial charge in [0.25, 0.3) is 0 Å². The van der Waals surface area contributed by atoms with E-state index in [1.165, 1.54) is 12.8 Å². The second-order valence-electron chi connectivity index (χ2n) is 5.52. The molecule has 12 heavy (non-hydrogen) atoms. The van der Waals surface area contributed by atoms with Crippen LogP contribution in [0.15, 0.2) is 0 Å². The molecule has 0 aromatic heterocycles. The highest BCUT2D eigenvalue weighted by molar-refractivity contribution is 5.27. The van der Waals surface area contributed by atoms with Gasteiger partial charge in [0.1, 0.15) is 0 Å². The molecule has 1 spiro atoms. The van der Waals surface area contributed by atoms with Crippen molar-refractivity contribution < 1.29 is 4.74 Å². The standard InChI is InChI=1S/C11H16O/c1-12-10-9-4-6-2-7-5-11(9,10)8(7)3-6/h6-10H,2-5H2,1H3. The van der Waals surface area contributed by atoms with Gasteiger partial charge in [-0.2, -0.15) is 0 Å². The van der Waals surface area contributed by atoms with Crippen molar-refractivity contribution in [3.63, 3.8) is 0 Å². The Balaban J connectivity index is 1.76. The van der Waals surface area contributed by atoms with Crippen molar-refractivity contribution >= 4 is 0 Å². The fourth-order valence-corrected chi connectivity index (χ4v) is 5.10. The Labute approximate surface area is 73.5 Å². The number of ether oxygens (including phenoxy) is 1. The summed E-state index contributed by atoms with van der Waals surface area (Å²) < 4.78 is 5.60. The topological polar surface area (TPSA) is 9.23 Å². The molecule has 0 heterocycles. The first-order chi connectivity index (χ1) is 5.86. The summed E-state index contributed by atoms with van der Waals surface area (Å²) in [6.07, 6.45) is 6.84. The second kappa shape index (κ2) is 1.61. The van der Waals surface area contributed by atoms with Gasteiger partial charge >= 0.3 is 0 Å². The number of hydrogen-bond donors (Lipinski definition) is 0. The average Bonchev–Trinajstić information content (AvgIpc) is 2.63. The van der Waals surface area contributed by atoms with Crippen LogP contribution in [0.5, 0.6) is 0 Å². The fourth-order valence-electron chi connectivity index (χ4n) is 5.10. The smallest absolute Gasteiger partial charge is 0.0668 e. The lowest BCUT2D eigenvalue weighted by Crippen LogP contribution is -2.38. The Hall–Kier alpha value is -0.0400. The van der Waals surface area contributed by atoms with E-state index in [1.807, 2.05) is 7.11 Å². The van der Waals surface area contributed by atoms with Crippen LogP contribution in [0.2, 0.25) is 0 Å². The van der Waals surface area contributed by atoms with Gasteiger partial charge in [0.15, 0.2) is 0 Å². The summed E-state index contributed by atoms with van der Waals surface area (Å²) in [6, 6.07) is 0. The van der Waals surface area contributed by atoms with E-state index in [0.717, 1.165) is 29.1 Å². The Kier molecular flexibility index (Phi) is 0.863. The zero-order valence-electron chi connectivity index (χ0n) is 7.62. The molecule has 0 aliphatic heterocycles. The van der Waals surface area contributed by atoms with Crippen LogP contribution in [0.4, 0.5) is 0 Å². The number of hydrogen-bond acceptors (Lipinski definition) is 1. The molecule has 0 aromatic rings. The first kappa shape index (κ1) is 6.42. The van der Waals surface area contributed by atoms with E-state index in [1.54, 1.807) is 12.8 Å². The van der Waals surface area contributed by atoms with Crippen LogP contribution in [0.3, 0.4) is 0 Å². The van der Waals surface area contributed by atoms with Gasteiger partial charge in [-0.25, -0.2) is 0 Å². The summed E-state index contributed by atoms with van der Waals surface area (Å²) in [5.41, 5.74) is 0.742. The molecule has 2 bridgehead atoms. The molecule has 0 amide bonds. The zero-order valence-corrected chi connectivity index (χ0v) is 7.62. The van der Waals surface area contributed by atoms with Crippen LogP contribution in [0.25, 0.3) is 0 Å². The normalized spacial score (nSPS) is 70.2. The van der Waals surface area contributed by atoms with E-state index in [4.69, 9.17) is 4.74 Å². The molecule has 0 radical (unpaired) electrons. The molecule has 4 aliphatic rings. The lowest BCUT2D eigenvalue weighted by Gasteiger charge is -2.43. The zero-order chi connectivity index (χ0) is 7.92. The quantitative estimate of drug-likeness (QED) is 0.576. The minimum Gasteiger partial charge on any atom is -0.381 e. The first-order valence-electron chi connectivity index (χ1n) is 5.39. The van der Waals surface area contributed by atoms with Crippen molar-refractivity contribution in [1.29, 1.82) is 0 Å². The number of fused-ring (bicyclic) bond motifs is 1. The molecule has 6 unspecified atom stereocenters. The average molecular weight is 164 g/mol. The second-order valence-corrected chi connectivity index (χ2v) is 5.52. The van der Waals surface area contributed by atoms with E-state index >= 15 is 0 Å². The van der Waals surface area contributed by atoms with Crippen LogP contribution in [-0.4, -0.2) is 13.2 Å². The van der Waals surface area contributed by atoms with Crippen molar-refractivity contribution in [3.05, 3.63) is 0 Å². The highest BCUT2D eigenvalue weighted by atomic mass is 16.5. The van der Waals surface area contributed by atoms with Gasteiger partial charge < -0.3 is 4.74 Å². The first-order valence-corrected chi connectivity index (χ1v) is 5.39. The Morgan fingerprint density at radius 3 is 2.83 bits per heavy atom. The highest BCUT2D eigenvalue weighted by Gasteiger charge is 2.79. The Bertz CT molecular complexity index is 247. The minimum atomic E-state index is 0.684. The molecule has 4 rings (SSSR count). The molecule has 1 nitrogen and oxygen atoms in total. The summed E-state index contributed by atoms with van der Waals surface area (Å²) in [6.45, 7) is 0. The lowest BCUT2D eigenvalue weighted by molar-refractivity contribution is 0.0102. The van der Waals surface area contributed by atoms with E-state index in [2.05, 4.69) is 0 Å². The van der Waals surface area contributed by atoms with Crippen molar-refractivity contribution in [1.82, 2.24) is 0 Å². The highest BCUT2D eigenvalue weighted by Crippen LogP contribution is 2.81. The summed E-state index contributed by atoms with van der Waals surface area (Å²) in [7, 11) is 1.92. The van der Waals surface area contributed by atoms with Gasteiger partial charge in [0, 0.05) is 12.5 Å². The van der Waals surface area contributed by atoms with Crippen LogP contribution < -0.4 is 0 Å². The predicted molar refractivity (Wildman–Crippen MR) is 45.7 cm³/mol. The third-order valence-corrected chi connectivity index (χ3v) is 5.42. The van der Waals surface area contributed by atoms with Gasteiger partial charge in [-0.3, -0.25) is 0 Å². The van der Waals surface area contributed by atoms with Crippen LogP contribution in [0.1, 0.15) is 25.7 Å². The Morgan fingerprint density at radius 2 is 2.00 bits per heavy atom. The molecule has 4 fully saturated rings. The van der Waals surface area contributed by atoms with Crippen LogP contribution in [0, 0.1) is 29.1 Å². The molecule has 6 atom stereocenters. The van der Waals surface area contributed by atoms with Crippen LogP contribution in [-0.2, 0) is 4.74 Å². The molecular weight excluding hydrogens is 148 g/mol.